The Morgan fingerprint density at radius 2 is 1.80 bits per heavy atom. The number of carbonyl (C=O) groups excluding carboxylic acids is 1. The predicted molar refractivity (Wildman–Crippen MR) is 77.6 cm³/mol. The van der Waals surface area contributed by atoms with Gasteiger partial charge < -0.3 is 0 Å². The Morgan fingerprint density at radius 3 is 2.45 bits per heavy atom. The number of aldehydes is 1. The van der Waals surface area contributed by atoms with Gasteiger partial charge in [-0.2, -0.15) is 0 Å². The van der Waals surface area contributed by atoms with Crippen LogP contribution in [0.1, 0.15) is 10.4 Å². The zero-order valence-electron chi connectivity index (χ0n) is 9.95. The quantitative estimate of drug-likeness (QED) is 0.573. The fraction of sp³-hybridized carbons (Fsp3) is 0. The van der Waals surface area contributed by atoms with Gasteiger partial charge in [-0.1, -0.05) is 42.5 Å². The van der Waals surface area contributed by atoms with Crippen molar-refractivity contribution in [2.75, 3.05) is 0 Å². The molecule has 5 nitrogen and oxygen atoms in total. The number of aromatic amines is 1. The molecular weight excluding hydrogens is 247 g/mol. The van der Waals surface area contributed by atoms with E-state index in [0.717, 1.165) is 23.0 Å². The molecule has 6 heteroatoms. The van der Waals surface area contributed by atoms with E-state index >= 15 is 0 Å². The Kier molecular flexibility index (Phi) is 4.46. The summed E-state index contributed by atoms with van der Waals surface area (Å²) in [7, 11) is 0. The summed E-state index contributed by atoms with van der Waals surface area (Å²) in [6, 6.07) is 15.3. The number of H-pyrrole nitrogens is 1. The number of hydrogen-bond donors (Lipinski definition) is 1. The minimum absolute atomic E-state index is 0. The zero-order chi connectivity index (χ0) is 13.1. The molecule has 1 aromatic heterocycles. The maximum absolute atomic E-state index is 10.9. The van der Waals surface area contributed by atoms with E-state index in [9.17, 15) is 4.79 Å². The van der Waals surface area contributed by atoms with Gasteiger partial charge in [-0.3, -0.25) is 4.79 Å². The molecule has 0 fully saturated rings. The molecule has 1 N–H and O–H groups in total. The van der Waals surface area contributed by atoms with E-state index in [2.05, 4.69) is 20.6 Å². The molecule has 20 heavy (non-hydrogen) atoms. The molecule has 3 aromatic rings. The third-order valence-electron chi connectivity index (χ3n) is 2.86. The van der Waals surface area contributed by atoms with Gasteiger partial charge >= 0.3 is 18.9 Å². The van der Waals surface area contributed by atoms with E-state index < -0.39 is 0 Å². The third kappa shape index (κ3) is 2.69. The van der Waals surface area contributed by atoms with E-state index in [0.29, 0.717) is 11.4 Å². The fourth-order valence-corrected chi connectivity index (χ4v) is 1.97. The Hall–Kier alpha value is -2.22. The Balaban J connectivity index is 0.00000147. The molecule has 3 rings (SSSR count). The SMILES string of the molecule is O=Cc1ccc(-c2ccccc2)c(-c2nnn[nH]2)c1.[LiH]. The topological polar surface area (TPSA) is 71.5 Å². The maximum atomic E-state index is 10.9. The van der Waals surface area contributed by atoms with Crippen LogP contribution in [0.2, 0.25) is 0 Å². The van der Waals surface area contributed by atoms with Crippen LogP contribution in [0.4, 0.5) is 0 Å². The van der Waals surface area contributed by atoms with E-state index in [1.54, 1.807) is 12.1 Å². The van der Waals surface area contributed by atoms with Crippen molar-refractivity contribution in [2.24, 2.45) is 0 Å². The molecule has 0 aliphatic rings. The summed E-state index contributed by atoms with van der Waals surface area (Å²) in [4.78, 5) is 10.9. The van der Waals surface area contributed by atoms with Gasteiger partial charge in [0.25, 0.3) is 0 Å². The van der Waals surface area contributed by atoms with Gasteiger partial charge in [-0.25, -0.2) is 5.10 Å². The van der Waals surface area contributed by atoms with E-state index in [1.807, 2.05) is 36.4 Å². The van der Waals surface area contributed by atoms with Crippen LogP contribution in [-0.4, -0.2) is 45.8 Å². The van der Waals surface area contributed by atoms with Crippen LogP contribution in [-0.2, 0) is 0 Å². The van der Waals surface area contributed by atoms with Gasteiger partial charge in [0.2, 0.25) is 0 Å². The minimum atomic E-state index is 0. The number of hydrogen-bond acceptors (Lipinski definition) is 4. The van der Waals surface area contributed by atoms with Crippen LogP contribution in [0.3, 0.4) is 0 Å². The molecule has 0 atom stereocenters. The second kappa shape index (κ2) is 6.29. The Bertz CT molecular complexity index is 698. The van der Waals surface area contributed by atoms with Gasteiger partial charge in [0.1, 0.15) is 6.29 Å². The number of tetrazole rings is 1. The molecule has 0 saturated carbocycles. The summed E-state index contributed by atoms with van der Waals surface area (Å²) >= 11 is 0. The number of aromatic nitrogens is 4. The summed E-state index contributed by atoms with van der Waals surface area (Å²) in [6.07, 6.45) is 0.808. The van der Waals surface area contributed by atoms with Crippen LogP contribution in [0.25, 0.3) is 22.5 Å². The van der Waals surface area contributed by atoms with E-state index in [4.69, 9.17) is 0 Å². The van der Waals surface area contributed by atoms with Crippen molar-refractivity contribution < 1.29 is 4.79 Å². The Labute approximate surface area is 127 Å². The molecular formula is C14H11LiN4O. The van der Waals surface area contributed by atoms with Crippen LogP contribution in [0.5, 0.6) is 0 Å². The third-order valence-corrected chi connectivity index (χ3v) is 2.86. The molecule has 0 bridgehead atoms. The molecule has 0 spiro atoms. The van der Waals surface area contributed by atoms with Crippen LogP contribution >= 0.6 is 0 Å². The number of rotatable bonds is 3. The molecule has 1 heterocycles. The standard InChI is InChI=1S/C14H10N4O.Li.H/c19-9-10-6-7-12(11-4-2-1-3-5-11)13(8-10)14-15-17-18-16-14;;/h1-9H,(H,15,16,17,18);;. The molecule has 0 saturated heterocycles. The normalized spacial score (nSPS) is 9.80. The van der Waals surface area contributed by atoms with E-state index in [1.165, 1.54) is 0 Å². The second-order valence-electron chi connectivity index (χ2n) is 4.04. The summed E-state index contributed by atoms with van der Waals surface area (Å²) in [5, 5.41) is 13.8. The molecule has 0 aliphatic carbocycles. The van der Waals surface area contributed by atoms with Crippen molar-refractivity contribution in [3.05, 3.63) is 54.1 Å². The van der Waals surface area contributed by atoms with Gasteiger partial charge in [0, 0.05) is 11.1 Å². The van der Waals surface area contributed by atoms with E-state index in [-0.39, 0.29) is 18.9 Å². The average Bonchev–Trinajstić information content (AvgIpc) is 3.01. The van der Waals surface area contributed by atoms with Crippen molar-refractivity contribution >= 4 is 25.1 Å². The molecule has 0 amide bonds. The van der Waals surface area contributed by atoms with Crippen molar-refractivity contribution in [2.45, 2.75) is 0 Å². The van der Waals surface area contributed by atoms with Gasteiger partial charge in [0.05, 0.1) is 0 Å². The summed E-state index contributed by atoms with van der Waals surface area (Å²) in [5.74, 6) is 0.544. The first-order chi connectivity index (χ1) is 9.38. The Morgan fingerprint density at radius 1 is 1.00 bits per heavy atom. The number of nitrogens with zero attached hydrogens (tertiary/aromatic N) is 3. The summed E-state index contributed by atoms with van der Waals surface area (Å²) in [6.45, 7) is 0. The van der Waals surface area contributed by atoms with Crippen molar-refractivity contribution in [1.29, 1.82) is 0 Å². The van der Waals surface area contributed by atoms with Crippen molar-refractivity contribution in [3.8, 4) is 22.5 Å². The molecule has 94 valence electrons. The monoisotopic (exact) mass is 258 g/mol. The molecule has 0 aliphatic heterocycles. The molecule has 0 unspecified atom stereocenters. The first-order valence-electron chi connectivity index (χ1n) is 5.77. The first kappa shape index (κ1) is 14.2. The molecule has 2 aromatic carbocycles. The first-order valence-corrected chi connectivity index (χ1v) is 5.77. The van der Waals surface area contributed by atoms with Crippen molar-refractivity contribution in [3.63, 3.8) is 0 Å². The summed E-state index contributed by atoms with van der Waals surface area (Å²) in [5.41, 5.74) is 3.42. The predicted octanol–water partition coefficient (Wildman–Crippen LogP) is 1.70. The van der Waals surface area contributed by atoms with Crippen LogP contribution in [0, 0.1) is 0 Å². The summed E-state index contributed by atoms with van der Waals surface area (Å²) < 4.78 is 0. The average molecular weight is 258 g/mol. The van der Waals surface area contributed by atoms with Gasteiger partial charge in [0.15, 0.2) is 5.82 Å². The number of benzene rings is 2. The number of nitrogens with one attached hydrogen (secondary N) is 1. The zero-order valence-corrected chi connectivity index (χ0v) is 9.95. The van der Waals surface area contributed by atoms with Crippen LogP contribution < -0.4 is 0 Å². The van der Waals surface area contributed by atoms with Gasteiger partial charge in [-0.15, -0.1) is 5.10 Å². The van der Waals surface area contributed by atoms with Crippen LogP contribution in [0.15, 0.2) is 48.5 Å². The second-order valence-corrected chi connectivity index (χ2v) is 4.04. The molecule has 0 radical (unpaired) electrons. The van der Waals surface area contributed by atoms with Crippen molar-refractivity contribution in [1.82, 2.24) is 20.6 Å². The number of carbonyl (C=O) groups is 1. The van der Waals surface area contributed by atoms with Gasteiger partial charge in [-0.05, 0) is 27.6 Å². The fourth-order valence-electron chi connectivity index (χ4n) is 1.97.